The van der Waals surface area contributed by atoms with Crippen LogP contribution in [0, 0.1) is 5.92 Å². The molecule has 6 rings (SSSR count). The first-order chi connectivity index (χ1) is 24.4. The van der Waals surface area contributed by atoms with E-state index in [1.807, 2.05) is 60.9 Å². The molecule has 2 fully saturated rings. The first-order valence-electron chi connectivity index (χ1n) is 18.2. The highest BCUT2D eigenvalue weighted by Gasteiger charge is 2.51. The van der Waals surface area contributed by atoms with Crippen LogP contribution in [0.2, 0.25) is 0 Å². The zero-order chi connectivity index (χ0) is 36.4. The summed E-state index contributed by atoms with van der Waals surface area (Å²) in [5.41, 5.74) is 16.3. The van der Waals surface area contributed by atoms with Gasteiger partial charge in [-0.1, -0.05) is 32.9 Å². The van der Waals surface area contributed by atoms with Crippen molar-refractivity contribution in [3.8, 4) is 0 Å². The molecular formula is C38H50N8O5. The Labute approximate surface area is 299 Å². The van der Waals surface area contributed by atoms with E-state index >= 15 is 0 Å². The lowest BCUT2D eigenvalue weighted by atomic mass is 9.92. The molecule has 272 valence electrons. The number of aliphatic hydroxyl groups excluding tert-OH is 1. The van der Waals surface area contributed by atoms with E-state index in [2.05, 4.69) is 15.3 Å². The van der Waals surface area contributed by atoms with E-state index < -0.39 is 17.5 Å². The fraction of sp³-hybridized carbons (Fsp3) is 0.526. The summed E-state index contributed by atoms with van der Waals surface area (Å²) in [4.78, 5) is 68.0. The molecule has 4 amide bonds. The maximum absolute atomic E-state index is 13.9. The van der Waals surface area contributed by atoms with Gasteiger partial charge in [0.2, 0.25) is 23.6 Å². The smallest absolute Gasteiger partial charge is 0.250 e. The van der Waals surface area contributed by atoms with Crippen LogP contribution in [0.4, 0.5) is 11.4 Å². The lowest BCUT2D eigenvalue weighted by Crippen LogP contribution is -2.56. The minimum absolute atomic E-state index is 0.000945. The highest BCUT2D eigenvalue weighted by atomic mass is 16.3. The maximum atomic E-state index is 13.9. The monoisotopic (exact) mass is 698 g/mol. The van der Waals surface area contributed by atoms with Crippen molar-refractivity contribution in [2.75, 3.05) is 38.1 Å². The second kappa shape index (κ2) is 14.9. The highest BCUT2D eigenvalue weighted by Crippen LogP contribution is 2.50. The third kappa shape index (κ3) is 7.41. The number of hydrogen-bond donors (Lipinski definition) is 4. The summed E-state index contributed by atoms with van der Waals surface area (Å²) >= 11 is 0. The predicted molar refractivity (Wildman–Crippen MR) is 195 cm³/mol. The van der Waals surface area contributed by atoms with E-state index in [1.165, 1.54) is 0 Å². The van der Waals surface area contributed by atoms with E-state index in [0.29, 0.717) is 74.6 Å². The summed E-state index contributed by atoms with van der Waals surface area (Å²) in [7, 11) is 0. The number of likely N-dealkylation sites (tertiary alicyclic amines) is 1. The number of aliphatic imine (C=N–C) groups is 1. The van der Waals surface area contributed by atoms with Crippen molar-refractivity contribution in [3.63, 3.8) is 0 Å². The summed E-state index contributed by atoms with van der Waals surface area (Å²) in [6, 6.07) is 6.72. The molecule has 1 saturated carbocycles. The van der Waals surface area contributed by atoms with Crippen molar-refractivity contribution in [2.24, 2.45) is 22.4 Å². The third-order valence-corrected chi connectivity index (χ3v) is 10.6. The summed E-state index contributed by atoms with van der Waals surface area (Å²) in [5.74, 6) is -0.413. The molecule has 6 N–H and O–H groups in total. The standard InChI is InChI=1S/C38H50N8O5/c1-4-12-44(15-16-47)35(49)25-17-24-7-8-27(20-30(24)43-32(39)19-25)38(10-11-38)37(51)42-28-18-26-22-45(14-9-29(26)41-21-28)36(50)33(23(2)3)46-13-5-6-31(46)34(40)48/h7-8,17-18,20-21,23,31,33,47H,4-6,9-16,19,22H2,1-3H3,(H2,39,43)(H2,40,48)(H,42,51)/t31-,33+/m1/s1. The van der Waals surface area contributed by atoms with Crippen LogP contribution in [0.3, 0.4) is 0 Å². The van der Waals surface area contributed by atoms with Gasteiger partial charge in [0.25, 0.3) is 0 Å². The number of rotatable bonds is 12. The number of nitrogens with zero attached hydrogens (tertiary/aromatic N) is 5. The lowest BCUT2D eigenvalue weighted by molar-refractivity contribution is -0.141. The van der Waals surface area contributed by atoms with Crippen LogP contribution in [-0.2, 0) is 37.6 Å². The number of anilines is 1. The van der Waals surface area contributed by atoms with Gasteiger partial charge in [0, 0.05) is 55.9 Å². The molecule has 1 saturated heterocycles. The molecule has 1 aromatic heterocycles. The number of carbonyl (C=O) groups excluding carboxylic acids is 4. The zero-order valence-corrected chi connectivity index (χ0v) is 29.9. The lowest BCUT2D eigenvalue weighted by Gasteiger charge is -2.38. The maximum Gasteiger partial charge on any atom is 0.250 e. The van der Waals surface area contributed by atoms with Crippen molar-refractivity contribution in [1.82, 2.24) is 19.7 Å². The first-order valence-corrected chi connectivity index (χ1v) is 18.2. The number of amides is 4. The Morgan fingerprint density at radius 3 is 2.61 bits per heavy atom. The molecule has 0 unspecified atom stereocenters. The second-order valence-corrected chi connectivity index (χ2v) is 14.6. The van der Waals surface area contributed by atoms with Crippen LogP contribution < -0.4 is 16.8 Å². The van der Waals surface area contributed by atoms with Crippen LogP contribution in [0.25, 0.3) is 6.08 Å². The number of carbonyl (C=O) groups is 4. The Morgan fingerprint density at radius 1 is 1.14 bits per heavy atom. The van der Waals surface area contributed by atoms with Gasteiger partial charge in [-0.15, -0.1) is 0 Å². The van der Waals surface area contributed by atoms with Crippen molar-refractivity contribution >= 4 is 46.9 Å². The first kappa shape index (κ1) is 36.2. The van der Waals surface area contributed by atoms with Gasteiger partial charge in [-0.25, -0.2) is 4.99 Å². The Kier molecular flexibility index (Phi) is 10.6. The Balaban J connectivity index is 1.17. The molecule has 13 nitrogen and oxygen atoms in total. The van der Waals surface area contributed by atoms with Crippen molar-refractivity contribution < 1.29 is 24.3 Å². The van der Waals surface area contributed by atoms with Crippen LogP contribution in [0.5, 0.6) is 0 Å². The minimum Gasteiger partial charge on any atom is -0.395 e. The molecule has 1 aromatic carbocycles. The fourth-order valence-corrected chi connectivity index (χ4v) is 7.86. The summed E-state index contributed by atoms with van der Waals surface area (Å²) < 4.78 is 0. The van der Waals surface area contributed by atoms with Crippen LogP contribution >= 0.6 is 0 Å². The van der Waals surface area contributed by atoms with E-state index in [-0.39, 0.29) is 49.1 Å². The van der Waals surface area contributed by atoms with Crippen LogP contribution in [0.1, 0.15) is 81.7 Å². The highest BCUT2D eigenvalue weighted by molar-refractivity contribution is 6.06. The number of hydrogen-bond acceptors (Lipinski definition) is 9. The molecule has 51 heavy (non-hydrogen) atoms. The van der Waals surface area contributed by atoms with Gasteiger partial charge >= 0.3 is 0 Å². The average molecular weight is 699 g/mol. The SMILES string of the molecule is CCCN(CCO)C(=O)C1=Cc2ccc(C3(C(=O)Nc4cnc5c(c4)CN(C(=O)[C@H](C(C)C)N4CCC[C@@H]4C(N)=O)CC5)CC3)cc2N=C(N)C1. The second-order valence-electron chi connectivity index (χ2n) is 14.6. The normalized spacial score (nSPS) is 20.0. The van der Waals surface area contributed by atoms with Crippen molar-refractivity contribution in [3.05, 3.63) is 58.4 Å². The largest absolute Gasteiger partial charge is 0.395 e. The topological polar surface area (TPSA) is 188 Å². The minimum atomic E-state index is -0.734. The Morgan fingerprint density at radius 2 is 1.92 bits per heavy atom. The number of nitrogens with one attached hydrogen (secondary N) is 1. The van der Waals surface area contributed by atoms with Crippen molar-refractivity contribution in [2.45, 2.75) is 89.8 Å². The molecule has 0 bridgehead atoms. The van der Waals surface area contributed by atoms with E-state index in [4.69, 9.17) is 11.5 Å². The number of nitrogens with two attached hydrogens (primary N) is 2. The fourth-order valence-electron chi connectivity index (χ4n) is 7.86. The summed E-state index contributed by atoms with van der Waals surface area (Å²) in [6.45, 7) is 8.20. The molecule has 0 spiro atoms. The molecule has 4 heterocycles. The Hall–Kier alpha value is -4.62. The van der Waals surface area contributed by atoms with Gasteiger partial charge in [0.15, 0.2) is 0 Å². The number of aromatic nitrogens is 1. The van der Waals surface area contributed by atoms with Gasteiger partial charge in [-0.05, 0) is 73.9 Å². The number of benzene rings is 1. The quantitative estimate of drug-likeness (QED) is 0.260. The van der Waals surface area contributed by atoms with Gasteiger partial charge in [-0.3, -0.25) is 29.1 Å². The van der Waals surface area contributed by atoms with Gasteiger partial charge < -0.3 is 31.7 Å². The molecule has 4 aliphatic rings. The molecule has 1 aliphatic carbocycles. The summed E-state index contributed by atoms with van der Waals surface area (Å²) in [5, 5.41) is 12.6. The van der Waals surface area contributed by atoms with Crippen LogP contribution in [0.15, 0.2) is 41.0 Å². The zero-order valence-electron chi connectivity index (χ0n) is 29.9. The molecule has 2 atom stereocenters. The number of amidine groups is 1. The van der Waals surface area contributed by atoms with Crippen molar-refractivity contribution in [1.29, 1.82) is 0 Å². The number of aliphatic hydroxyl groups is 1. The molecule has 3 aliphatic heterocycles. The number of pyridine rings is 1. The molecule has 13 heteroatoms. The summed E-state index contributed by atoms with van der Waals surface area (Å²) in [6.07, 6.45) is 7.88. The van der Waals surface area contributed by atoms with E-state index in [1.54, 1.807) is 11.1 Å². The molecule has 0 radical (unpaired) electrons. The van der Waals surface area contributed by atoms with Gasteiger partial charge in [0.05, 0.1) is 41.7 Å². The van der Waals surface area contributed by atoms with E-state index in [9.17, 15) is 24.3 Å². The molecular weight excluding hydrogens is 648 g/mol. The van der Waals surface area contributed by atoms with Gasteiger partial charge in [0.1, 0.15) is 5.84 Å². The van der Waals surface area contributed by atoms with Crippen LogP contribution in [-0.4, -0.2) is 99.1 Å². The van der Waals surface area contributed by atoms with Gasteiger partial charge in [-0.2, -0.15) is 0 Å². The average Bonchev–Trinajstić information content (AvgIpc) is 3.81. The number of primary amides is 1. The third-order valence-electron chi connectivity index (χ3n) is 10.6. The molecule has 2 aromatic rings. The Bertz CT molecular complexity index is 1760. The number of fused-ring (bicyclic) bond motifs is 2. The van der Waals surface area contributed by atoms with E-state index in [0.717, 1.165) is 35.2 Å². The predicted octanol–water partition coefficient (Wildman–Crippen LogP) is 2.62.